The highest BCUT2D eigenvalue weighted by molar-refractivity contribution is 6.07. The molecule has 11 heteroatoms. The van der Waals surface area contributed by atoms with Gasteiger partial charge in [0.15, 0.2) is 0 Å². The molecular weight excluding hydrogens is 526 g/mol. The fraction of sp³-hybridized carbons (Fsp3) is 0.300. The fourth-order valence-electron chi connectivity index (χ4n) is 4.69. The first kappa shape index (κ1) is 29.1. The molecule has 1 fully saturated rings. The van der Waals surface area contributed by atoms with E-state index in [-0.39, 0.29) is 17.9 Å². The number of carboxylic acid groups (broad SMARTS) is 1. The van der Waals surface area contributed by atoms with Crippen molar-refractivity contribution < 1.29 is 29.0 Å². The molecule has 0 aliphatic carbocycles. The van der Waals surface area contributed by atoms with Gasteiger partial charge in [-0.1, -0.05) is 29.8 Å². The van der Waals surface area contributed by atoms with E-state index in [0.717, 1.165) is 5.56 Å². The van der Waals surface area contributed by atoms with Crippen LogP contribution in [-0.2, 0) is 9.53 Å². The molecule has 11 nitrogen and oxygen atoms in total. The largest absolute Gasteiger partial charge is 0.481 e. The number of carboxylic acids is 1. The number of pyridine rings is 1. The molecule has 3 amide bonds. The van der Waals surface area contributed by atoms with Crippen LogP contribution in [0.15, 0.2) is 67.0 Å². The molecule has 41 heavy (non-hydrogen) atoms. The first-order valence-corrected chi connectivity index (χ1v) is 13.3. The lowest BCUT2D eigenvalue weighted by atomic mass is 10.0. The molecular formula is C30H33N5O6. The van der Waals surface area contributed by atoms with Crippen LogP contribution < -0.4 is 15.5 Å². The van der Waals surface area contributed by atoms with Gasteiger partial charge < -0.3 is 30.3 Å². The maximum atomic E-state index is 13.4. The van der Waals surface area contributed by atoms with Gasteiger partial charge in [0, 0.05) is 49.7 Å². The third-order valence-corrected chi connectivity index (χ3v) is 6.88. The first-order chi connectivity index (χ1) is 19.7. The number of methoxy groups -OCH3 is 1. The van der Waals surface area contributed by atoms with Gasteiger partial charge in [-0.15, -0.1) is 0 Å². The molecule has 1 aliphatic heterocycles. The number of nitrogens with zero attached hydrogens (tertiary/aromatic N) is 3. The number of nitrogens with one attached hydrogen (secondary N) is 2. The smallest absolute Gasteiger partial charge is 0.409 e. The summed E-state index contributed by atoms with van der Waals surface area (Å²) in [5, 5.41) is 15.2. The number of benzene rings is 2. The molecule has 0 saturated carbocycles. The van der Waals surface area contributed by atoms with Crippen LogP contribution in [0.25, 0.3) is 0 Å². The van der Waals surface area contributed by atoms with E-state index in [1.165, 1.54) is 19.5 Å². The molecule has 1 atom stereocenters. The molecule has 2 heterocycles. The predicted molar refractivity (Wildman–Crippen MR) is 153 cm³/mol. The third kappa shape index (κ3) is 7.59. The normalized spacial score (nSPS) is 14.0. The van der Waals surface area contributed by atoms with Crippen molar-refractivity contribution in [2.45, 2.75) is 25.8 Å². The van der Waals surface area contributed by atoms with Gasteiger partial charge in [-0.05, 0) is 49.2 Å². The molecule has 0 radical (unpaired) electrons. The predicted octanol–water partition coefficient (Wildman–Crippen LogP) is 3.87. The van der Waals surface area contributed by atoms with Crippen molar-refractivity contribution in [1.82, 2.24) is 15.2 Å². The minimum atomic E-state index is -1.04. The Labute approximate surface area is 238 Å². The van der Waals surface area contributed by atoms with Crippen molar-refractivity contribution in [2.75, 3.05) is 43.5 Å². The highest BCUT2D eigenvalue weighted by Crippen LogP contribution is 2.30. The average Bonchev–Trinajstić information content (AvgIpc) is 3.23. The zero-order chi connectivity index (χ0) is 29.4. The van der Waals surface area contributed by atoms with Gasteiger partial charge in [-0.25, -0.2) is 4.79 Å². The number of aliphatic carboxylic acids is 1. The number of carbonyl (C=O) groups is 4. The van der Waals surface area contributed by atoms with Crippen LogP contribution in [0, 0.1) is 6.92 Å². The van der Waals surface area contributed by atoms with Crippen molar-refractivity contribution >= 4 is 35.3 Å². The number of anilines is 2. The van der Waals surface area contributed by atoms with E-state index in [2.05, 4.69) is 15.6 Å². The summed E-state index contributed by atoms with van der Waals surface area (Å²) in [4.78, 5) is 57.7. The quantitative estimate of drug-likeness (QED) is 0.378. The summed E-state index contributed by atoms with van der Waals surface area (Å²) in [5.74, 6) is -1.89. The second-order valence-electron chi connectivity index (χ2n) is 9.75. The van der Waals surface area contributed by atoms with Gasteiger partial charge in [0.05, 0.1) is 30.9 Å². The number of rotatable bonds is 8. The summed E-state index contributed by atoms with van der Waals surface area (Å²) in [6, 6.07) is 14.7. The number of carbonyl (C=O) groups excluding carboxylic acids is 3. The van der Waals surface area contributed by atoms with Crippen molar-refractivity contribution in [3.63, 3.8) is 0 Å². The third-order valence-electron chi connectivity index (χ3n) is 6.88. The maximum absolute atomic E-state index is 13.4. The standard InChI is InChI=1S/C30H33N5O6/c1-20-4-6-21(7-5-20)24(19-27(36)37)32-29(39)23-8-9-26(34-14-3-15-35(17-16-34)30(40)41-2)25(18-23)33-28(38)22-10-12-31-13-11-22/h4-13,18,24H,3,14-17,19H2,1-2H3,(H,32,39)(H,33,38)(H,36,37). The zero-order valence-corrected chi connectivity index (χ0v) is 23.0. The SMILES string of the molecule is COC(=O)N1CCCN(c2ccc(C(=O)NC(CC(=O)O)c3ccc(C)cc3)cc2NC(=O)c2ccncc2)CC1. The minimum absolute atomic E-state index is 0.257. The Morgan fingerprint density at radius 1 is 0.927 bits per heavy atom. The van der Waals surface area contributed by atoms with E-state index in [9.17, 15) is 24.3 Å². The monoisotopic (exact) mass is 559 g/mol. The van der Waals surface area contributed by atoms with Crippen LogP contribution in [0.3, 0.4) is 0 Å². The lowest BCUT2D eigenvalue weighted by Crippen LogP contribution is -2.35. The Morgan fingerprint density at radius 3 is 2.34 bits per heavy atom. The second kappa shape index (κ2) is 13.4. The van der Waals surface area contributed by atoms with Gasteiger partial charge in [0.25, 0.3) is 11.8 Å². The van der Waals surface area contributed by atoms with Crippen LogP contribution in [0.2, 0.25) is 0 Å². The molecule has 1 aromatic heterocycles. The molecule has 0 bridgehead atoms. The van der Waals surface area contributed by atoms with Crippen molar-refractivity contribution in [3.8, 4) is 0 Å². The van der Waals surface area contributed by atoms with E-state index >= 15 is 0 Å². The van der Waals surface area contributed by atoms with Crippen LogP contribution in [0.5, 0.6) is 0 Å². The summed E-state index contributed by atoms with van der Waals surface area (Å²) in [6.07, 6.45) is 3.04. The number of aryl methyl sites for hydroxylation is 1. The van der Waals surface area contributed by atoms with Crippen LogP contribution >= 0.6 is 0 Å². The Bertz CT molecular complexity index is 1400. The van der Waals surface area contributed by atoms with E-state index in [0.29, 0.717) is 55.1 Å². The molecule has 2 aromatic carbocycles. The Hall–Kier alpha value is -4.93. The minimum Gasteiger partial charge on any atom is -0.481 e. The molecule has 4 rings (SSSR count). The molecule has 214 valence electrons. The second-order valence-corrected chi connectivity index (χ2v) is 9.75. The van der Waals surface area contributed by atoms with Gasteiger partial charge in [0.1, 0.15) is 0 Å². The van der Waals surface area contributed by atoms with Gasteiger partial charge in [-0.2, -0.15) is 0 Å². The summed E-state index contributed by atoms with van der Waals surface area (Å²) < 4.78 is 4.87. The Balaban J connectivity index is 1.62. The number of aromatic nitrogens is 1. The van der Waals surface area contributed by atoms with E-state index in [1.54, 1.807) is 47.4 Å². The van der Waals surface area contributed by atoms with Crippen molar-refractivity contribution in [1.29, 1.82) is 0 Å². The lowest BCUT2D eigenvalue weighted by Gasteiger charge is -2.26. The number of ether oxygens (including phenoxy) is 1. The molecule has 1 aliphatic rings. The molecule has 3 aromatic rings. The van der Waals surface area contributed by atoms with Crippen molar-refractivity contribution in [3.05, 3.63) is 89.2 Å². The first-order valence-electron chi connectivity index (χ1n) is 13.3. The molecule has 1 saturated heterocycles. The van der Waals surface area contributed by atoms with E-state index in [4.69, 9.17) is 4.74 Å². The molecule has 1 unspecified atom stereocenters. The Kier molecular flexibility index (Phi) is 9.51. The number of hydrogen-bond acceptors (Lipinski definition) is 7. The van der Waals surface area contributed by atoms with Crippen LogP contribution in [0.1, 0.15) is 50.7 Å². The molecule has 0 spiro atoms. The number of amides is 3. The van der Waals surface area contributed by atoms with Gasteiger partial charge in [-0.3, -0.25) is 19.4 Å². The number of hydrogen-bond donors (Lipinski definition) is 3. The lowest BCUT2D eigenvalue weighted by molar-refractivity contribution is -0.137. The average molecular weight is 560 g/mol. The van der Waals surface area contributed by atoms with E-state index in [1.807, 2.05) is 24.0 Å². The summed E-state index contributed by atoms with van der Waals surface area (Å²) in [7, 11) is 1.35. The van der Waals surface area contributed by atoms with Crippen LogP contribution in [0.4, 0.5) is 16.2 Å². The van der Waals surface area contributed by atoms with Crippen LogP contribution in [-0.4, -0.2) is 72.2 Å². The van der Waals surface area contributed by atoms with Gasteiger partial charge >= 0.3 is 12.1 Å². The van der Waals surface area contributed by atoms with Gasteiger partial charge in [0.2, 0.25) is 0 Å². The Morgan fingerprint density at radius 2 is 1.66 bits per heavy atom. The summed E-state index contributed by atoms with van der Waals surface area (Å²) in [5.41, 5.74) is 3.45. The van der Waals surface area contributed by atoms with E-state index < -0.39 is 24.0 Å². The highest BCUT2D eigenvalue weighted by atomic mass is 16.5. The summed E-state index contributed by atoms with van der Waals surface area (Å²) >= 11 is 0. The molecule has 3 N–H and O–H groups in total. The summed E-state index contributed by atoms with van der Waals surface area (Å²) in [6.45, 7) is 4.00. The zero-order valence-electron chi connectivity index (χ0n) is 23.0. The maximum Gasteiger partial charge on any atom is 0.409 e. The highest BCUT2D eigenvalue weighted by Gasteiger charge is 2.24. The van der Waals surface area contributed by atoms with Crippen molar-refractivity contribution in [2.24, 2.45) is 0 Å². The fourth-order valence-corrected chi connectivity index (χ4v) is 4.69. The topological polar surface area (TPSA) is 141 Å².